The maximum atomic E-state index is 5.29. The Labute approximate surface area is 131 Å². The van der Waals surface area contributed by atoms with Crippen LogP contribution in [-0.2, 0) is 9.78 Å². The van der Waals surface area contributed by atoms with E-state index in [1.165, 1.54) is 77.0 Å². The number of aliphatic imine (C=N–C) groups is 1. The first-order chi connectivity index (χ1) is 10.4. The van der Waals surface area contributed by atoms with Crippen LogP contribution in [0.2, 0.25) is 0 Å². The van der Waals surface area contributed by atoms with E-state index >= 15 is 0 Å². The van der Waals surface area contributed by atoms with Gasteiger partial charge in [0.1, 0.15) is 0 Å². The summed E-state index contributed by atoms with van der Waals surface area (Å²) in [4.78, 5) is 15.1. The van der Waals surface area contributed by atoms with Gasteiger partial charge in [-0.1, -0.05) is 78.1 Å². The van der Waals surface area contributed by atoms with Crippen molar-refractivity contribution in [2.24, 2.45) is 4.99 Å². The van der Waals surface area contributed by atoms with Crippen molar-refractivity contribution in [2.45, 2.75) is 110 Å². The SMILES string of the molecule is CCCCCCCCC1=NC(CCCCCCCC)OO1. The normalized spacial score (nSPS) is 17.8. The molecule has 0 N–H and O–H groups in total. The Bertz CT molecular complexity index is 266. The molecule has 1 aliphatic rings. The lowest BCUT2D eigenvalue weighted by Gasteiger charge is -2.03. The van der Waals surface area contributed by atoms with Crippen LogP contribution in [0.5, 0.6) is 0 Å². The van der Waals surface area contributed by atoms with Crippen LogP contribution in [-0.4, -0.2) is 12.1 Å². The molecule has 1 atom stereocenters. The van der Waals surface area contributed by atoms with Crippen LogP contribution in [0, 0.1) is 0 Å². The summed E-state index contributed by atoms with van der Waals surface area (Å²) in [5, 5.41) is 0. The highest BCUT2D eigenvalue weighted by Crippen LogP contribution is 2.18. The summed E-state index contributed by atoms with van der Waals surface area (Å²) < 4.78 is 0. The third kappa shape index (κ3) is 9.89. The van der Waals surface area contributed by atoms with Crippen LogP contribution < -0.4 is 0 Å². The van der Waals surface area contributed by atoms with Gasteiger partial charge >= 0.3 is 0 Å². The van der Waals surface area contributed by atoms with Gasteiger partial charge in [-0.15, -0.1) is 0 Å². The second kappa shape index (κ2) is 13.1. The van der Waals surface area contributed by atoms with Gasteiger partial charge in [0.15, 0.2) is 6.23 Å². The molecule has 1 rings (SSSR count). The lowest BCUT2D eigenvalue weighted by Crippen LogP contribution is -2.02. The van der Waals surface area contributed by atoms with Crippen LogP contribution >= 0.6 is 0 Å². The van der Waals surface area contributed by atoms with E-state index in [9.17, 15) is 0 Å². The highest BCUT2D eigenvalue weighted by molar-refractivity contribution is 5.76. The van der Waals surface area contributed by atoms with Crippen molar-refractivity contribution in [3.05, 3.63) is 0 Å². The van der Waals surface area contributed by atoms with E-state index in [1.807, 2.05) is 0 Å². The Balaban J connectivity index is 1.95. The van der Waals surface area contributed by atoms with Crippen LogP contribution in [0.3, 0.4) is 0 Å². The summed E-state index contributed by atoms with van der Waals surface area (Å²) in [5.41, 5.74) is 0. The molecule has 0 amide bonds. The highest BCUT2D eigenvalue weighted by atomic mass is 17.2. The molecule has 3 heteroatoms. The maximum Gasteiger partial charge on any atom is 0.230 e. The van der Waals surface area contributed by atoms with Crippen molar-refractivity contribution in [3.63, 3.8) is 0 Å². The molecule has 0 bridgehead atoms. The largest absolute Gasteiger partial charge is 0.320 e. The van der Waals surface area contributed by atoms with Crippen molar-refractivity contribution in [2.75, 3.05) is 0 Å². The van der Waals surface area contributed by atoms with Gasteiger partial charge in [-0.25, -0.2) is 4.99 Å². The summed E-state index contributed by atoms with van der Waals surface area (Å²) in [6.45, 7) is 4.51. The first-order valence-electron chi connectivity index (χ1n) is 9.26. The van der Waals surface area contributed by atoms with E-state index in [4.69, 9.17) is 9.78 Å². The molecule has 1 heterocycles. The highest BCUT2D eigenvalue weighted by Gasteiger charge is 2.19. The van der Waals surface area contributed by atoms with Gasteiger partial charge in [0.2, 0.25) is 5.90 Å². The summed E-state index contributed by atoms with van der Waals surface area (Å²) in [6, 6.07) is 0. The molecular formula is C18H35NO2. The van der Waals surface area contributed by atoms with E-state index in [-0.39, 0.29) is 6.23 Å². The predicted molar refractivity (Wildman–Crippen MR) is 89.4 cm³/mol. The van der Waals surface area contributed by atoms with Gasteiger partial charge in [-0.2, -0.15) is 4.89 Å². The Morgan fingerprint density at radius 1 is 0.762 bits per heavy atom. The number of hydrogen-bond acceptors (Lipinski definition) is 3. The summed E-state index contributed by atoms with van der Waals surface area (Å²) in [7, 11) is 0. The second-order valence-corrected chi connectivity index (χ2v) is 6.23. The third-order valence-electron chi connectivity index (χ3n) is 4.09. The quantitative estimate of drug-likeness (QED) is 0.283. The van der Waals surface area contributed by atoms with Crippen molar-refractivity contribution in [1.29, 1.82) is 0 Å². The van der Waals surface area contributed by atoms with Gasteiger partial charge in [-0.3, -0.25) is 0 Å². The standard InChI is InChI=1S/C18H35NO2/c1-3-5-7-9-11-13-15-17-19-18(21-20-17)16-14-12-10-8-6-4-2/h17H,3-16H2,1-2H3. The molecule has 21 heavy (non-hydrogen) atoms. The molecule has 0 radical (unpaired) electrons. The molecule has 3 nitrogen and oxygen atoms in total. The first kappa shape index (κ1) is 18.5. The fraction of sp³-hybridized carbons (Fsp3) is 0.944. The fourth-order valence-electron chi connectivity index (χ4n) is 2.69. The molecule has 124 valence electrons. The Morgan fingerprint density at radius 3 is 2.00 bits per heavy atom. The van der Waals surface area contributed by atoms with Crippen molar-refractivity contribution >= 4 is 5.90 Å². The summed E-state index contributed by atoms with van der Waals surface area (Å²) >= 11 is 0. The first-order valence-corrected chi connectivity index (χ1v) is 9.26. The molecule has 0 aliphatic carbocycles. The lowest BCUT2D eigenvalue weighted by atomic mass is 10.1. The third-order valence-corrected chi connectivity index (χ3v) is 4.09. The molecule has 0 aromatic rings. The average molecular weight is 297 g/mol. The van der Waals surface area contributed by atoms with Crippen LogP contribution in [0.4, 0.5) is 0 Å². The maximum absolute atomic E-state index is 5.29. The molecule has 0 spiro atoms. The van der Waals surface area contributed by atoms with Crippen molar-refractivity contribution in [1.82, 2.24) is 0 Å². The van der Waals surface area contributed by atoms with E-state index in [2.05, 4.69) is 18.8 Å². The lowest BCUT2D eigenvalue weighted by molar-refractivity contribution is -0.238. The molecule has 0 fully saturated rings. The average Bonchev–Trinajstić information content (AvgIpc) is 2.94. The van der Waals surface area contributed by atoms with Gasteiger partial charge in [-0.05, 0) is 19.3 Å². The summed E-state index contributed by atoms with van der Waals surface area (Å²) in [5.74, 6) is 0.821. The molecular weight excluding hydrogens is 262 g/mol. The number of rotatable bonds is 14. The van der Waals surface area contributed by atoms with Gasteiger partial charge < -0.3 is 4.89 Å². The molecule has 1 aliphatic heterocycles. The Morgan fingerprint density at radius 2 is 1.33 bits per heavy atom. The van der Waals surface area contributed by atoms with Crippen molar-refractivity contribution < 1.29 is 9.78 Å². The van der Waals surface area contributed by atoms with Gasteiger partial charge in [0, 0.05) is 6.42 Å². The van der Waals surface area contributed by atoms with E-state index in [1.54, 1.807) is 0 Å². The van der Waals surface area contributed by atoms with Crippen LogP contribution in [0.1, 0.15) is 104 Å². The zero-order valence-corrected chi connectivity index (χ0v) is 14.2. The van der Waals surface area contributed by atoms with Gasteiger partial charge in [0.25, 0.3) is 0 Å². The Hall–Kier alpha value is -0.570. The minimum Gasteiger partial charge on any atom is -0.320 e. The summed E-state index contributed by atoms with van der Waals surface area (Å²) in [6.07, 6.45) is 17.6. The van der Waals surface area contributed by atoms with Gasteiger partial charge in [0.05, 0.1) is 0 Å². The Kier molecular flexibility index (Phi) is 11.5. The fourth-order valence-corrected chi connectivity index (χ4v) is 2.69. The van der Waals surface area contributed by atoms with Crippen LogP contribution in [0.25, 0.3) is 0 Å². The molecule has 0 aromatic heterocycles. The molecule has 1 unspecified atom stereocenters. The zero-order valence-electron chi connectivity index (χ0n) is 14.2. The number of hydrogen-bond donors (Lipinski definition) is 0. The molecule has 0 saturated carbocycles. The molecule has 0 aromatic carbocycles. The molecule has 0 saturated heterocycles. The van der Waals surface area contributed by atoms with E-state index in [0.29, 0.717) is 0 Å². The smallest absolute Gasteiger partial charge is 0.230 e. The zero-order chi connectivity index (χ0) is 15.2. The van der Waals surface area contributed by atoms with E-state index in [0.717, 1.165) is 18.7 Å². The minimum absolute atomic E-state index is 0.0359. The van der Waals surface area contributed by atoms with Crippen molar-refractivity contribution in [3.8, 4) is 0 Å². The topological polar surface area (TPSA) is 30.8 Å². The number of nitrogens with zero attached hydrogens (tertiary/aromatic N) is 1. The number of unbranched alkanes of at least 4 members (excludes halogenated alkanes) is 10. The second-order valence-electron chi connectivity index (χ2n) is 6.23. The van der Waals surface area contributed by atoms with E-state index < -0.39 is 0 Å². The monoisotopic (exact) mass is 297 g/mol. The minimum atomic E-state index is -0.0359. The predicted octanol–water partition coefficient (Wildman–Crippen LogP) is 6.17. The van der Waals surface area contributed by atoms with Crippen LogP contribution in [0.15, 0.2) is 4.99 Å².